The van der Waals surface area contributed by atoms with Crippen LogP contribution in [0.5, 0.6) is 0 Å². The van der Waals surface area contributed by atoms with Crippen LogP contribution in [0.1, 0.15) is 74.6 Å². The van der Waals surface area contributed by atoms with Crippen LogP contribution < -0.4 is 4.90 Å². The predicted molar refractivity (Wildman–Crippen MR) is 148 cm³/mol. The third-order valence-corrected chi connectivity index (χ3v) is 6.35. The second-order valence-corrected chi connectivity index (χ2v) is 8.69. The number of benzene rings is 3. The van der Waals surface area contributed by atoms with Crippen molar-refractivity contribution >= 4 is 29.2 Å². The highest BCUT2D eigenvalue weighted by Crippen LogP contribution is 2.41. The molecule has 1 heteroatoms. The topological polar surface area (TPSA) is 3.24 Å². The first-order valence-corrected chi connectivity index (χ1v) is 12.6. The van der Waals surface area contributed by atoms with Gasteiger partial charge in [0, 0.05) is 16.8 Å². The summed E-state index contributed by atoms with van der Waals surface area (Å²) in [6, 6.07) is 24.0. The van der Waals surface area contributed by atoms with Gasteiger partial charge in [-0.05, 0) is 61.1 Å². The molecule has 0 aliphatic rings. The molecule has 3 rings (SSSR count). The molecule has 0 aliphatic carbocycles. The molecule has 33 heavy (non-hydrogen) atoms. The summed E-state index contributed by atoms with van der Waals surface area (Å²) in [6.07, 6.45) is 13.6. The van der Waals surface area contributed by atoms with Crippen molar-refractivity contribution in [2.75, 3.05) is 4.90 Å². The molecule has 0 radical (unpaired) electrons. The van der Waals surface area contributed by atoms with Crippen LogP contribution in [0.2, 0.25) is 0 Å². The number of para-hydroxylation sites is 1. The lowest BCUT2D eigenvalue weighted by Crippen LogP contribution is -2.14. The molecule has 0 spiro atoms. The summed E-state index contributed by atoms with van der Waals surface area (Å²) in [6.45, 7) is 12.9. The van der Waals surface area contributed by atoms with E-state index in [0.717, 1.165) is 18.5 Å². The van der Waals surface area contributed by atoms with Gasteiger partial charge < -0.3 is 4.90 Å². The molecule has 0 unspecified atom stereocenters. The molecular formula is C32H39N. The maximum Gasteiger partial charge on any atom is 0.0536 e. The molecule has 3 aromatic carbocycles. The molecule has 0 amide bonds. The fourth-order valence-corrected chi connectivity index (χ4v) is 4.61. The second kappa shape index (κ2) is 12.8. The Morgan fingerprint density at radius 1 is 0.606 bits per heavy atom. The van der Waals surface area contributed by atoms with Gasteiger partial charge in [-0.25, -0.2) is 0 Å². The SMILES string of the molecule is C=Cc1c(CCCCC)cccc1N(c1ccccc1)c1cccc(CCCCC)c1C=C. The zero-order chi connectivity index (χ0) is 23.5. The molecule has 0 heterocycles. The van der Waals surface area contributed by atoms with Crippen molar-refractivity contribution in [3.05, 3.63) is 102 Å². The summed E-state index contributed by atoms with van der Waals surface area (Å²) in [4.78, 5) is 2.39. The first-order chi connectivity index (χ1) is 16.2. The van der Waals surface area contributed by atoms with Gasteiger partial charge in [0.05, 0.1) is 11.4 Å². The second-order valence-electron chi connectivity index (χ2n) is 8.69. The van der Waals surface area contributed by atoms with Crippen LogP contribution >= 0.6 is 0 Å². The summed E-state index contributed by atoms with van der Waals surface area (Å²) < 4.78 is 0. The van der Waals surface area contributed by atoms with E-state index in [4.69, 9.17) is 0 Å². The molecule has 0 bridgehead atoms. The van der Waals surface area contributed by atoms with Gasteiger partial charge in [-0.3, -0.25) is 0 Å². The van der Waals surface area contributed by atoms with Gasteiger partial charge in [0.1, 0.15) is 0 Å². The standard InChI is InChI=1S/C32H39N/c1-5-9-12-18-26-20-16-24-31(29(26)7-3)33(28-22-14-11-15-23-28)32-25-17-21-27(30(32)8-4)19-13-10-6-2/h7-8,11,14-17,20-25H,3-6,9-10,12-13,18-19H2,1-2H3. The molecule has 0 N–H and O–H groups in total. The molecule has 0 aromatic heterocycles. The number of unbranched alkanes of at least 4 members (excludes halogenated alkanes) is 4. The number of aryl methyl sites for hydroxylation is 2. The normalized spacial score (nSPS) is 10.7. The lowest BCUT2D eigenvalue weighted by molar-refractivity contribution is 0.716. The highest BCUT2D eigenvalue weighted by molar-refractivity contribution is 5.87. The maximum atomic E-state index is 4.21. The Hall–Kier alpha value is -3.06. The van der Waals surface area contributed by atoms with Crippen molar-refractivity contribution < 1.29 is 0 Å². The van der Waals surface area contributed by atoms with E-state index in [1.165, 1.54) is 72.2 Å². The van der Waals surface area contributed by atoms with Gasteiger partial charge in [0.2, 0.25) is 0 Å². The fraction of sp³-hybridized carbons (Fsp3) is 0.312. The Balaban J connectivity index is 2.16. The van der Waals surface area contributed by atoms with Crippen LogP contribution in [-0.2, 0) is 12.8 Å². The van der Waals surface area contributed by atoms with Gasteiger partial charge in [-0.1, -0.05) is 107 Å². The van der Waals surface area contributed by atoms with Crippen molar-refractivity contribution in [1.82, 2.24) is 0 Å². The van der Waals surface area contributed by atoms with E-state index < -0.39 is 0 Å². The average molecular weight is 438 g/mol. The summed E-state index contributed by atoms with van der Waals surface area (Å²) in [5, 5.41) is 0. The molecule has 3 aromatic rings. The van der Waals surface area contributed by atoms with E-state index in [0.29, 0.717) is 0 Å². The van der Waals surface area contributed by atoms with Crippen molar-refractivity contribution in [1.29, 1.82) is 0 Å². The molecule has 1 nitrogen and oxygen atoms in total. The molecular weight excluding hydrogens is 398 g/mol. The third-order valence-electron chi connectivity index (χ3n) is 6.35. The molecule has 0 saturated heterocycles. The minimum atomic E-state index is 1.08. The predicted octanol–water partition coefficient (Wildman–Crippen LogP) is 9.91. The number of hydrogen-bond acceptors (Lipinski definition) is 1. The van der Waals surface area contributed by atoms with Gasteiger partial charge in [-0.15, -0.1) is 0 Å². The minimum Gasteiger partial charge on any atom is -0.309 e. The van der Waals surface area contributed by atoms with Crippen LogP contribution in [0.25, 0.3) is 12.2 Å². The zero-order valence-electron chi connectivity index (χ0n) is 20.5. The number of anilines is 3. The van der Waals surface area contributed by atoms with Crippen LogP contribution in [0.15, 0.2) is 79.9 Å². The minimum absolute atomic E-state index is 1.08. The van der Waals surface area contributed by atoms with E-state index in [-0.39, 0.29) is 0 Å². The first kappa shape index (κ1) is 24.6. The molecule has 172 valence electrons. The number of hydrogen-bond donors (Lipinski definition) is 0. The Morgan fingerprint density at radius 2 is 1.09 bits per heavy atom. The van der Waals surface area contributed by atoms with Crippen molar-refractivity contribution in [3.63, 3.8) is 0 Å². The molecule has 0 aliphatic heterocycles. The van der Waals surface area contributed by atoms with Crippen LogP contribution in [0.4, 0.5) is 17.1 Å². The summed E-state index contributed by atoms with van der Waals surface area (Å²) in [7, 11) is 0. The van der Waals surface area contributed by atoms with Crippen molar-refractivity contribution in [2.24, 2.45) is 0 Å². The Kier molecular flexibility index (Phi) is 9.57. The van der Waals surface area contributed by atoms with E-state index in [9.17, 15) is 0 Å². The maximum absolute atomic E-state index is 4.21. The van der Waals surface area contributed by atoms with Crippen LogP contribution in [0, 0.1) is 0 Å². The zero-order valence-corrected chi connectivity index (χ0v) is 20.5. The lowest BCUT2D eigenvalue weighted by atomic mass is 9.96. The highest BCUT2D eigenvalue weighted by Gasteiger charge is 2.20. The van der Waals surface area contributed by atoms with Crippen LogP contribution in [-0.4, -0.2) is 0 Å². The smallest absolute Gasteiger partial charge is 0.0536 e. The fourth-order valence-electron chi connectivity index (χ4n) is 4.61. The van der Waals surface area contributed by atoms with Gasteiger partial charge >= 0.3 is 0 Å². The average Bonchev–Trinajstić information content (AvgIpc) is 2.85. The van der Waals surface area contributed by atoms with E-state index >= 15 is 0 Å². The molecule has 0 fully saturated rings. The highest BCUT2D eigenvalue weighted by atomic mass is 15.1. The van der Waals surface area contributed by atoms with Gasteiger partial charge in [-0.2, -0.15) is 0 Å². The monoisotopic (exact) mass is 437 g/mol. The largest absolute Gasteiger partial charge is 0.309 e. The molecule has 0 atom stereocenters. The Labute approximate surface area is 201 Å². The quantitative estimate of drug-likeness (QED) is 0.240. The van der Waals surface area contributed by atoms with E-state index in [1.54, 1.807) is 0 Å². The Morgan fingerprint density at radius 3 is 1.52 bits per heavy atom. The van der Waals surface area contributed by atoms with Crippen LogP contribution in [0.3, 0.4) is 0 Å². The summed E-state index contributed by atoms with van der Waals surface area (Å²) in [5.41, 5.74) is 8.71. The number of nitrogens with zero attached hydrogens (tertiary/aromatic N) is 1. The van der Waals surface area contributed by atoms with E-state index in [1.807, 2.05) is 12.2 Å². The van der Waals surface area contributed by atoms with E-state index in [2.05, 4.69) is 98.6 Å². The first-order valence-electron chi connectivity index (χ1n) is 12.6. The van der Waals surface area contributed by atoms with Crippen molar-refractivity contribution in [3.8, 4) is 0 Å². The molecule has 0 saturated carbocycles. The third kappa shape index (κ3) is 6.05. The number of rotatable bonds is 13. The van der Waals surface area contributed by atoms with Crippen molar-refractivity contribution in [2.45, 2.75) is 65.2 Å². The summed E-state index contributed by atoms with van der Waals surface area (Å²) in [5.74, 6) is 0. The Bertz CT molecular complexity index is 966. The van der Waals surface area contributed by atoms with Gasteiger partial charge in [0.15, 0.2) is 0 Å². The lowest BCUT2D eigenvalue weighted by Gasteiger charge is -2.30. The van der Waals surface area contributed by atoms with Gasteiger partial charge in [0.25, 0.3) is 0 Å². The summed E-state index contributed by atoms with van der Waals surface area (Å²) >= 11 is 0.